The molecule has 3 aromatic carbocycles. The van der Waals surface area contributed by atoms with Gasteiger partial charge in [-0.1, -0.05) is 48.5 Å². The van der Waals surface area contributed by atoms with Crippen LogP contribution in [0.3, 0.4) is 0 Å². The summed E-state index contributed by atoms with van der Waals surface area (Å²) < 4.78 is 67.9. The van der Waals surface area contributed by atoms with Gasteiger partial charge in [-0.05, 0) is 17.7 Å². The number of nitrogens with zero attached hydrogens (tertiary/aromatic N) is 1. The summed E-state index contributed by atoms with van der Waals surface area (Å²) in [7, 11) is -4.47. The Labute approximate surface area is 149 Å². The molecule has 7 heteroatoms. The van der Waals surface area contributed by atoms with Gasteiger partial charge in [0.2, 0.25) is 0 Å². The molecule has 0 aromatic heterocycles. The molecule has 0 saturated heterocycles. The molecule has 3 rings (SSSR count). The highest BCUT2D eigenvalue weighted by molar-refractivity contribution is 7.92. The molecule has 0 N–H and O–H groups in total. The second-order valence-electron chi connectivity index (χ2n) is 5.53. The van der Waals surface area contributed by atoms with Crippen LogP contribution in [-0.4, -0.2) is 8.42 Å². The molecule has 0 radical (unpaired) electrons. The van der Waals surface area contributed by atoms with Gasteiger partial charge >= 0.3 is 0 Å². The standard InChI is InChI=1S/C19H14F3NO2S/c20-16-11-18(22)19(12-17(16)21)26(24,25)23(15-9-5-2-6-10-15)13-14-7-3-1-4-8-14/h1-12H,13H2. The Balaban J connectivity index is 2.13. The highest BCUT2D eigenvalue weighted by Gasteiger charge is 2.29. The van der Waals surface area contributed by atoms with Gasteiger partial charge < -0.3 is 0 Å². The normalized spacial score (nSPS) is 11.3. The van der Waals surface area contributed by atoms with Crippen molar-refractivity contribution in [2.45, 2.75) is 11.4 Å². The molecule has 3 aromatic rings. The lowest BCUT2D eigenvalue weighted by Gasteiger charge is -2.25. The van der Waals surface area contributed by atoms with E-state index in [1.54, 1.807) is 48.5 Å². The Kier molecular flexibility index (Phi) is 4.99. The van der Waals surface area contributed by atoms with Crippen LogP contribution in [0.5, 0.6) is 0 Å². The molecule has 0 fully saturated rings. The Hall–Kier alpha value is -2.80. The van der Waals surface area contributed by atoms with Crippen molar-refractivity contribution in [3.8, 4) is 0 Å². The number of para-hydroxylation sites is 1. The van der Waals surface area contributed by atoms with E-state index in [2.05, 4.69) is 0 Å². The fraction of sp³-hybridized carbons (Fsp3) is 0.0526. The van der Waals surface area contributed by atoms with Gasteiger partial charge in [-0.2, -0.15) is 0 Å². The van der Waals surface area contributed by atoms with Crippen LogP contribution < -0.4 is 4.31 Å². The van der Waals surface area contributed by atoms with Crippen molar-refractivity contribution < 1.29 is 21.6 Å². The summed E-state index contributed by atoms with van der Waals surface area (Å²) in [5.74, 6) is -4.23. The first kappa shape index (κ1) is 18.0. The van der Waals surface area contributed by atoms with E-state index in [0.717, 1.165) is 4.31 Å². The molecule has 134 valence electrons. The second-order valence-corrected chi connectivity index (χ2v) is 7.36. The third-order valence-corrected chi connectivity index (χ3v) is 5.54. The fourth-order valence-corrected chi connectivity index (χ4v) is 3.99. The average molecular weight is 377 g/mol. The van der Waals surface area contributed by atoms with Crippen LogP contribution in [-0.2, 0) is 16.6 Å². The first-order chi connectivity index (χ1) is 12.4. The molecule has 0 aliphatic carbocycles. The molecule has 3 nitrogen and oxygen atoms in total. The van der Waals surface area contributed by atoms with Crippen LogP contribution in [0.25, 0.3) is 0 Å². The molecule has 0 aliphatic rings. The van der Waals surface area contributed by atoms with Gasteiger partial charge in [0.15, 0.2) is 11.6 Å². The zero-order valence-electron chi connectivity index (χ0n) is 13.4. The SMILES string of the molecule is O=S(=O)(c1cc(F)c(F)cc1F)N(Cc1ccccc1)c1ccccc1. The first-order valence-corrected chi connectivity index (χ1v) is 9.10. The van der Waals surface area contributed by atoms with E-state index in [4.69, 9.17) is 0 Å². The molecule has 26 heavy (non-hydrogen) atoms. The lowest BCUT2D eigenvalue weighted by atomic mass is 10.2. The summed E-state index contributed by atoms with van der Waals surface area (Å²) in [5.41, 5.74) is 0.934. The van der Waals surface area contributed by atoms with E-state index in [0.29, 0.717) is 11.6 Å². The molecule has 0 amide bonds. The summed E-state index contributed by atoms with van der Waals surface area (Å²) in [4.78, 5) is -0.920. The lowest BCUT2D eigenvalue weighted by Crippen LogP contribution is -2.31. The Bertz CT molecular complexity index is 1010. The van der Waals surface area contributed by atoms with Crippen molar-refractivity contribution in [2.75, 3.05) is 4.31 Å². The van der Waals surface area contributed by atoms with Crippen molar-refractivity contribution in [1.82, 2.24) is 0 Å². The van der Waals surface area contributed by atoms with Crippen LogP contribution in [0.15, 0.2) is 77.7 Å². The number of hydrogen-bond acceptors (Lipinski definition) is 2. The molecule has 0 spiro atoms. The fourth-order valence-electron chi connectivity index (χ4n) is 2.48. The predicted molar refractivity (Wildman–Crippen MR) is 92.6 cm³/mol. The van der Waals surface area contributed by atoms with Gasteiger partial charge in [0.1, 0.15) is 10.7 Å². The van der Waals surface area contributed by atoms with Gasteiger partial charge in [-0.3, -0.25) is 4.31 Å². The van der Waals surface area contributed by atoms with Gasteiger partial charge in [0.25, 0.3) is 10.0 Å². The molecule has 0 aliphatic heterocycles. The molecule has 0 atom stereocenters. The van der Waals surface area contributed by atoms with Crippen LogP contribution in [0, 0.1) is 17.5 Å². The van der Waals surface area contributed by atoms with E-state index in [9.17, 15) is 21.6 Å². The minimum Gasteiger partial charge on any atom is -0.262 e. The van der Waals surface area contributed by atoms with Gasteiger partial charge in [-0.25, -0.2) is 21.6 Å². The maximum atomic E-state index is 14.1. The van der Waals surface area contributed by atoms with E-state index in [1.165, 1.54) is 12.1 Å². The smallest absolute Gasteiger partial charge is 0.262 e. The summed E-state index contributed by atoms with van der Waals surface area (Å²) in [6, 6.07) is 17.3. The van der Waals surface area contributed by atoms with Crippen molar-refractivity contribution in [3.05, 3.63) is 95.8 Å². The van der Waals surface area contributed by atoms with Crippen LogP contribution >= 0.6 is 0 Å². The van der Waals surface area contributed by atoms with Gasteiger partial charge in [0.05, 0.1) is 12.2 Å². The molecule has 0 saturated carbocycles. The largest absolute Gasteiger partial charge is 0.267 e. The van der Waals surface area contributed by atoms with Crippen molar-refractivity contribution in [1.29, 1.82) is 0 Å². The quantitative estimate of drug-likeness (QED) is 0.614. The summed E-state index contributed by atoms with van der Waals surface area (Å²) in [5, 5.41) is 0. The highest BCUT2D eigenvalue weighted by Crippen LogP contribution is 2.28. The third-order valence-electron chi connectivity index (χ3n) is 3.76. The minimum absolute atomic E-state index is 0.0916. The zero-order valence-corrected chi connectivity index (χ0v) is 14.3. The maximum absolute atomic E-state index is 14.1. The number of rotatable bonds is 5. The summed E-state index contributed by atoms with van der Waals surface area (Å²) >= 11 is 0. The third kappa shape index (κ3) is 3.57. The second kappa shape index (κ2) is 7.21. The van der Waals surface area contributed by atoms with Crippen molar-refractivity contribution in [2.24, 2.45) is 0 Å². The van der Waals surface area contributed by atoms with Crippen molar-refractivity contribution >= 4 is 15.7 Å². The number of hydrogen-bond donors (Lipinski definition) is 0. The molecular weight excluding hydrogens is 363 g/mol. The summed E-state index contributed by atoms with van der Waals surface area (Å²) in [6.45, 7) is -0.0916. The number of halogens is 3. The van der Waals surface area contributed by atoms with Crippen LogP contribution in [0.2, 0.25) is 0 Å². The zero-order chi connectivity index (χ0) is 18.7. The van der Waals surface area contributed by atoms with E-state index >= 15 is 0 Å². The lowest BCUT2D eigenvalue weighted by molar-refractivity contribution is 0.482. The topological polar surface area (TPSA) is 37.4 Å². The molecule has 0 unspecified atom stereocenters. The number of anilines is 1. The average Bonchev–Trinajstić information content (AvgIpc) is 2.64. The molecule has 0 bridgehead atoms. The van der Waals surface area contributed by atoms with E-state index in [1.807, 2.05) is 0 Å². The maximum Gasteiger partial charge on any atom is 0.267 e. The predicted octanol–water partition coefficient (Wildman–Crippen LogP) is 4.50. The van der Waals surface area contributed by atoms with Crippen molar-refractivity contribution in [3.63, 3.8) is 0 Å². The Morgan fingerprint density at radius 3 is 1.88 bits per heavy atom. The van der Waals surface area contributed by atoms with E-state index in [-0.39, 0.29) is 18.3 Å². The highest BCUT2D eigenvalue weighted by atomic mass is 32.2. The summed E-state index contributed by atoms with van der Waals surface area (Å²) in [6.07, 6.45) is 0. The van der Waals surface area contributed by atoms with Crippen LogP contribution in [0.1, 0.15) is 5.56 Å². The Morgan fingerprint density at radius 2 is 1.27 bits per heavy atom. The van der Waals surface area contributed by atoms with Gasteiger partial charge in [0, 0.05) is 12.1 Å². The van der Waals surface area contributed by atoms with E-state index < -0.39 is 32.4 Å². The number of sulfonamides is 1. The Morgan fingerprint density at radius 1 is 0.731 bits per heavy atom. The number of benzene rings is 3. The molecule has 0 heterocycles. The van der Waals surface area contributed by atoms with Gasteiger partial charge in [-0.15, -0.1) is 0 Å². The molecular formula is C19H14F3NO2S. The minimum atomic E-state index is -4.47. The first-order valence-electron chi connectivity index (χ1n) is 7.66. The van der Waals surface area contributed by atoms with Crippen LogP contribution in [0.4, 0.5) is 18.9 Å². The monoisotopic (exact) mass is 377 g/mol.